The Morgan fingerprint density at radius 3 is 2.65 bits per heavy atom. The Hall–Kier alpha value is -1.20. The fraction of sp³-hybridized carbons (Fsp3) is 0.643. The van der Waals surface area contributed by atoms with Crippen LogP contribution in [-0.2, 0) is 0 Å². The molecule has 1 aliphatic rings. The van der Waals surface area contributed by atoms with Crippen LogP contribution in [-0.4, -0.2) is 47.8 Å². The molecule has 1 aromatic rings. The molecule has 20 heavy (non-hydrogen) atoms. The lowest BCUT2D eigenvalue weighted by molar-refractivity contribution is 0.112. The third-order valence-corrected chi connectivity index (χ3v) is 4.29. The van der Waals surface area contributed by atoms with Crippen molar-refractivity contribution < 1.29 is 4.79 Å². The average molecular weight is 297 g/mol. The second-order valence-corrected chi connectivity index (χ2v) is 6.27. The summed E-state index contributed by atoms with van der Waals surface area (Å²) >= 11 is 5.98. The number of carbonyl (C=O) groups is 1. The van der Waals surface area contributed by atoms with Crippen molar-refractivity contribution in [1.29, 1.82) is 0 Å². The molecule has 0 amide bonds. The first-order chi connectivity index (χ1) is 9.43. The summed E-state index contributed by atoms with van der Waals surface area (Å²) in [5, 5.41) is 3.50. The van der Waals surface area contributed by atoms with Gasteiger partial charge < -0.3 is 10.2 Å². The predicted molar refractivity (Wildman–Crippen MR) is 80.5 cm³/mol. The maximum atomic E-state index is 11.1. The summed E-state index contributed by atoms with van der Waals surface area (Å²) in [7, 11) is 2.14. The molecule has 0 saturated carbocycles. The Bertz CT molecular complexity index is 498. The monoisotopic (exact) mass is 296 g/mol. The van der Waals surface area contributed by atoms with Gasteiger partial charge in [-0.25, -0.2) is 9.97 Å². The number of anilines is 1. The molecule has 1 aliphatic heterocycles. The highest BCUT2D eigenvalue weighted by molar-refractivity contribution is 6.32. The van der Waals surface area contributed by atoms with Gasteiger partial charge in [-0.05, 0) is 45.3 Å². The van der Waals surface area contributed by atoms with Gasteiger partial charge in [0.05, 0.1) is 5.56 Å². The lowest BCUT2D eigenvalue weighted by Crippen LogP contribution is -2.40. The SMILES string of the molecule is Cc1nc(Cl)c(C=O)c(NCC2(C)CCN(C)CC2)n1. The highest BCUT2D eigenvalue weighted by Gasteiger charge is 2.29. The van der Waals surface area contributed by atoms with Crippen molar-refractivity contribution in [2.45, 2.75) is 26.7 Å². The molecule has 0 spiro atoms. The van der Waals surface area contributed by atoms with E-state index >= 15 is 0 Å². The molecule has 0 radical (unpaired) electrons. The van der Waals surface area contributed by atoms with Crippen molar-refractivity contribution in [3.05, 3.63) is 16.5 Å². The number of hydrogen-bond donors (Lipinski definition) is 1. The van der Waals surface area contributed by atoms with Crippen molar-refractivity contribution in [1.82, 2.24) is 14.9 Å². The molecule has 1 saturated heterocycles. The Labute approximate surface area is 124 Å². The quantitative estimate of drug-likeness (QED) is 0.683. The Morgan fingerprint density at radius 1 is 1.40 bits per heavy atom. The van der Waals surface area contributed by atoms with Gasteiger partial charge in [0.25, 0.3) is 0 Å². The van der Waals surface area contributed by atoms with Gasteiger partial charge in [0, 0.05) is 6.54 Å². The second-order valence-electron chi connectivity index (χ2n) is 5.91. The summed E-state index contributed by atoms with van der Waals surface area (Å²) in [6, 6.07) is 0. The molecular formula is C14H21ClN4O. The van der Waals surface area contributed by atoms with E-state index < -0.39 is 0 Å². The summed E-state index contributed by atoms with van der Waals surface area (Å²) in [5.74, 6) is 1.11. The number of piperidine rings is 1. The fourth-order valence-corrected chi connectivity index (χ4v) is 2.67. The maximum absolute atomic E-state index is 11.1. The number of halogens is 1. The standard InChI is InChI=1S/C14H21ClN4O/c1-10-17-12(15)11(8-20)13(18-10)16-9-14(2)4-6-19(3)7-5-14/h8H,4-7,9H2,1-3H3,(H,16,17,18). The van der Waals surface area contributed by atoms with Gasteiger partial charge in [-0.2, -0.15) is 0 Å². The van der Waals surface area contributed by atoms with Crippen LogP contribution in [0.1, 0.15) is 35.9 Å². The first-order valence-electron chi connectivity index (χ1n) is 6.85. The third-order valence-electron chi connectivity index (χ3n) is 4.01. The third kappa shape index (κ3) is 3.46. The molecule has 1 N–H and O–H groups in total. The van der Waals surface area contributed by atoms with Crippen molar-refractivity contribution in [3.8, 4) is 0 Å². The summed E-state index contributed by atoms with van der Waals surface area (Å²) in [5.41, 5.74) is 0.562. The molecule has 0 aliphatic carbocycles. The minimum absolute atomic E-state index is 0.212. The number of aldehydes is 1. The number of aromatic nitrogens is 2. The first kappa shape index (κ1) is 15.2. The van der Waals surface area contributed by atoms with E-state index in [1.165, 1.54) is 0 Å². The van der Waals surface area contributed by atoms with Crippen molar-refractivity contribution >= 4 is 23.7 Å². The van der Waals surface area contributed by atoms with Gasteiger partial charge >= 0.3 is 0 Å². The minimum atomic E-state index is 0.212. The Balaban J connectivity index is 2.09. The molecular weight excluding hydrogens is 276 g/mol. The number of nitrogens with one attached hydrogen (secondary N) is 1. The Morgan fingerprint density at radius 2 is 2.05 bits per heavy atom. The van der Waals surface area contributed by atoms with Crippen molar-refractivity contribution in [2.24, 2.45) is 5.41 Å². The van der Waals surface area contributed by atoms with E-state index in [0.29, 0.717) is 23.5 Å². The molecule has 2 heterocycles. The van der Waals surface area contributed by atoms with Gasteiger partial charge in [0.2, 0.25) is 0 Å². The highest BCUT2D eigenvalue weighted by atomic mass is 35.5. The average Bonchev–Trinajstić information content (AvgIpc) is 2.40. The van der Waals surface area contributed by atoms with E-state index in [4.69, 9.17) is 11.6 Å². The van der Waals surface area contributed by atoms with Crippen LogP contribution in [0.15, 0.2) is 0 Å². The summed E-state index contributed by atoms with van der Waals surface area (Å²) in [6.07, 6.45) is 2.97. The Kier molecular flexibility index (Phi) is 4.60. The number of hydrogen-bond acceptors (Lipinski definition) is 5. The zero-order valence-electron chi connectivity index (χ0n) is 12.2. The topological polar surface area (TPSA) is 58.1 Å². The number of carbonyl (C=O) groups excluding carboxylic acids is 1. The zero-order valence-corrected chi connectivity index (χ0v) is 13.0. The second kappa shape index (κ2) is 6.06. The molecule has 1 fully saturated rings. The number of likely N-dealkylation sites (tertiary alicyclic amines) is 1. The van der Waals surface area contributed by atoms with Crippen LogP contribution in [0.5, 0.6) is 0 Å². The van der Waals surface area contributed by atoms with E-state index in [9.17, 15) is 4.79 Å². The van der Waals surface area contributed by atoms with E-state index in [0.717, 1.165) is 32.5 Å². The van der Waals surface area contributed by atoms with Crippen LogP contribution in [0.4, 0.5) is 5.82 Å². The molecule has 2 rings (SSSR count). The summed E-state index contributed by atoms with van der Waals surface area (Å²) < 4.78 is 0. The normalized spacial score (nSPS) is 18.8. The molecule has 0 unspecified atom stereocenters. The van der Waals surface area contributed by atoms with Crippen LogP contribution in [0, 0.1) is 12.3 Å². The lowest BCUT2D eigenvalue weighted by atomic mass is 9.80. The van der Waals surface area contributed by atoms with Crippen LogP contribution >= 0.6 is 11.6 Å². The molecule has 0 aromatic carbocycles. The molecule has 0 atom stereocenters. The molecule has 5 nitrogen and oxygen atoms in total. The summed E-state index contributed by atoms with van der Waals surface area (Å²) in [6.45, 7) is 7.02. The van der Waals surface area contributed by atoms with Gasteiger partial charge in [-0.1, -0.05) is 18.5 Å². The van der Waals surface area contributed by atoms with Crippen LogP contribution in [0.25, 0.3) is 0 Å². The van der Waals surface area contributed by atoms with Crippen LogP contribution in [0.3, 0.4) is 0 Å². The highest BCUT2D eigenvalue weighted by Crippen LogP contribution is 2.31. The van der Waals surface area contributed by atoms with E-state index in [1.807, 2.05) is 0 Å². The fourth-order valence-electron chi connectivity index (χ4n) is 2.42. The maximum Gasteiger partial charge on any atom is 0.156 e. The largest absolute Gasteiger partial charge is 0.369 e. The minimum Gasteiger partial charge on any atom is -0.369 e. The van der Waals surface area contributed by atoms with Crippen molar-refractivity contribution in [2.75, 3.05) is 32.0 Å². The predicted octanol–water partition coefficient (Wildman–Crippen LogP) is 2.39. The number of rotatable bonds is 4. The van der Waals surface area contributed by atoms with E-state index in [1.54, 1.807) is 6.92 Å². The summed E-state index contributed by atoms with van der Waals surface area (Å²) in [4.78, 5) is 21.8. The molecule has 0 bridgehead atoms. The van der Waals surface area contributed by atoms with Crippen molar-refractivity contribution in [3.63, 3.8) is 0 Å². The van der Waals surface area contributed by atoms with E-state index in [2.05, 4.69) is 34.2 Å². The zero-order chi connectivity index (χ0) is 14.8. The van der Waals surface area contributed by atoms with Crippen LogP contribution < -0.4 is 5.32 Å². The van der Waals surface area contributed by atoms with Gasteiger partial charge in [-0.3, -0.25) is 4.79 Å². The molecule has 6 heteroatoms. The van der Waals surface area contributed by atoms with Gasteiger partial charge in [0.1, 0.15) is 16.8 Å². The van der Waals surface area contributed by atoms with Gasteiger partial charge in [0.15, 0.2) is 6.29 Å². The number of aryl methyl sites for hydroxylation is 1. The molecule has 1 aromatic heterocycles. The van der Waals surface area contributed by atoms with Gasteiger partial charge in [-0.15, -0.1) is 0 Å². The van der Waals surface area contributed by atoms with E-state index in [-0.39, 0.29) is 10.6 Å². The smallest absolute Gasteiger partial charge is 0.156 e. The number of nitrogens with zero attached hydrogens (tertiary/aromatic N) is 3. The first-order valence-corrected chi connectivity index (χ1v) is 7.23. The van der Waals surface area contributed by atoms with Crippen LogP contribution in [0.2, 0.25) is 5.15 Å². The molecule has 110 valence electrons. The lowest BCUT2D eigenvalue weighted by Gasteiger charge is -2.38.